The highest BCUT2D eigenvalue weighted by atomic mass is 35.5. The zero-order valence-corrected chi connectivity index (χ0v) is 19.2. The van der Waals surface area contributed by atoms with Crippen LogP contribution in [0.3, 0.4) is 0 Å². The van der Waals surface area contributed by atoms with E-state index in [1.54, 1.807) is 50.2 Å². The molecule has 34 heavy (non-hydrogen) atoms. The highest BCUT2D eigenvalue weighted by molar-refractivity contribution is 6.34. The van der Waals surface area contributed by atoms with Gasteiger partial charge in [0.1, 0.15) is 11.4 Å². The van der Waals surface area contributed by atoms with E-state index in [0.29, 0.717) is 33.4 Å². The van der Waals surface area contributed by atoms with E-state index in [9.17, 15) is 14.7 Å². The van der Waals surface area contributed by atoms with Gasteiger partial charge in [0.2, 0.25) is 0 Å². The number of aromatic carboxylic acids is 1. The average Bonchev–Trinajstić information content (AvgIpc) is 3.22. The first-order chi connectivity index (χ1) is 16.4. The average molecular weight is 477 g/mol. The van der Waals surface area contributed by atoms with Crippen LogP contribution < -0.4 is 4.90 Å². The summed E-state index contributed by atoms with van der Waals surface area (Å²) in [7, 11) is 0. The molecular weight excluding hydrogens is 456 g/mol. The maximum absolute atomic E-state index is 13.0. The number of aromatic nitrogens is 1. The minimum atomic E-state index is -1.00. The predicted octanol–water partition coefficient (Wildman–Crippen LogP) is 6.96. The molecule has 0 unspecified atom stereocenters. The number of para-hydroxylation sites is 1. The summed E-state index contributed by atoms with van der Waals surface area (Å²) in [5.41, 5.74) is 3.65. The zero-order chi connectivity index (χ0) is 24.2. The molecule has 1 heterocycles. The quantitative estimate of drug-likeness (QED) is 0.323. The number of anilines is 2. The van der Waals surface area contributed by atoms with E-state index in [4.69, 9.17) is 20.9 Å². The number of nitrogens with zero attached hydrogens (tertiary/aromatic N) is 2. The molecule has 8 heteroatoms. The molecule has 0 aliphatic carbocycles. The van der Waals surface area contributed by atoms with E-state index >= 15 is 0 Å². The Balaban J connectivity index is 1.85. The lowest BCUT2D eigenvalue weighted by molar-refractivity contribution is 0.0697. The molecule has 4 aromatic rings. The van der Waals surface area contributed by atoms with Crippen molar-refractivity contribution in [3.63, 3.8) is 0 Å². The molecule has 1 aromatic heterocycles. The van der Waals surface area contributed by atoms with Crippen LogP contribution in [-0.4, -0.2) is 28.9 Å². The van der Waals surface area contributed by atoms with Crippen molar-refractivity contribution in [1.82, 2.24) is 5.16 Å². The molecule has 0 aliphatic heterocycles. The smallest absolute Gasteiger partial charge is 0.419 e. The lowest BCUT2D eigenvalue weighted by Crippen LogP contribution is -2.27. The Morgan fingerprint density at radius 3 is 2.38 bits per heavy atom. The molecule has 0 radical (unpaired) electrons. The van der Waals surface area contributed by atoms with E-state index in [0.717, 1.165) is 11.1 Å². The fourth-order valence-electron chi connectivity index (χ4n) is 3.62. The summed E-state index contributed by atoms with van der Waals surface area (Å²) in [6, 6.07) is 20.9. The van der Waals surface area contributed by atoms with Crippen LogP contribution in [0.2, 0.25) is 5.02 Å². The largest absolute Gasteiger partial charge is 0.478 e. The lowest BCUT2D eigenvalue weighted by atomic mass is 9.99. The molecule has 1 N–H and O–H groups in total. The van der Waals surface area contributed by atoms with Gasteiger partial charge >= 0.3 is 12.1 Å². The molecule has 3 aromatic carbocycles. The van der Waals surface area contributed by atoms with Gasteiger partial charge in [-0.3, -0.25) is 0 Å². The number of hydrogen-bond donors (Lipinski definition) is 1. The summed E-state index contributed by atoms with van der Waals surface area (Å²) in [5, 5.41) is 13.8. The number of aryl methyl sites for hydroxylation is 1. The van der Waals surface area contributed by atoms with Gasteiger partial charge in [0.25, 0.3) is 0 Å². The molecule has 0 aliphatic rings. The first-order valence-corrected chi connectivity index (χ1v) is 10.9. The number of carboxylic acids is 1. The molecule has 172 valence electrons. The summed E-state index contributed by atoms with van der Waals surface area (Å²) >= 11 is 6.43. The summed E-state index contributed by atoms with van der Waals surface area (Å²) in [6.45, 7) is 3.62. The van der Waals surface area contributed by atoms with E-state index in [2.05, 4.69) is 5.16 Å². The first kappa shape index (κ1) is 23.1. The minimum absolute atomic E-state index is 0.175. The van der Waals surface area contributed by atoms with Gasteiger partial charge in [0, 0.05) is 5.56 Å². The molecule has 0 atom stereocenters. The van der Waals surface area contributed by atoms with Crippen LogP contribution in [0, 0.1) is 6.92 Å². The van der Waals surface area contributed by atoms with Gasteiger partial charge in [-0.05, 0) is 55.3 Å². The van der Waals surface area contributed by atoms with Crippen LogP contribution in [0.4, 0.5) is 16.2 Å². The molecule has 0 saturated carbocycles. The van der Waals surface area contributed by atoms with Crippen LogP contribution in [0.25, 0.3) is 22.5 Å². The third kappa shape index (κ3) is 4.51. The number of amides is 1. The fourth-order valence-corrected chi connectivity index (χ4v) is 3.84. The van der Waals surface area contributed by atoms with Gasteiger partial charge in [-0.1, -0.05) is 59.2 Å². The Bertz CT molecular complexity index is 1360. The van der Waals surface area contributed by atoms with Gasteiger partial charge in [0.15, 0.2) is 5.76 Å². The monoisotopic (exact) mass is 476 g/mol. The SMILES string of the molecule is CCOC(=O)N(c1ccccc1Cl)c1c(C)noc1-c1cccc(-c2cccc(C(=O)O)c2)c1. The topological polar surface area (TPSA) is 92.9 Å². The molecule has 0 saturated heterocycles. The van der Waals surface area contributed by atoms with Crippen LogP contribution in [0.5, 0.6) is 0 Å². The van der Waals surface area contributed by atoms with Crippen molar-refractivity contribution in [2.45, 2.75) is 13.8 Å². The van der Waals surface area contributed by atoms with Crippen molar-refractivity contribution in [1.29, 1.82) is 0 Å². The number of ether oxygens (including phenoxy) is 1. The maximum atomic E-state index is 13.0. The Hall–Kier alpha value is -4.10. The molecular formula is C26H21ClN2O5. The van der Waals surface area contributed by atoms with Crippen molar-refractivity contribution in [3.8, 4) is 22.5 Å². The van der Waals surface area contributed by atoms with Crippen molar-refractivity contribution in [2.24, 2.45) is 0 Å². The molecule has 0 spiro atoms. The maximum Gasteiger partial charge on any atom is 0.419 e. The Labute approximate surface area is 201 Å². The van der Waals surface area contributed by atoms with Gasteiger partial charge in [-0.25, -0.2) is 14.5 Å². The summed E-state index contributed by atoms with van der Waals surface area (Å²) in [5.74, 6) is -0.655. The Morgan fingerprint density at radius 2 is 1.68 bits per heavy atom. The lowest BCUT2D eigenvalue weighted by Gasteiger charge is -2.23. The number of rotatable bonds is 6. The van der Waals surface area contributed by atoms with Crippen LogP contribution in [-0.2, 0) is 4.74 Å². The van der Waals surface area contributed by atoms with E-state index in [1.165, 1.54) is 11.0 Å². The third-order valence-corrected chi connectivity index (χ3v) is 5.49. The first-order valence-electron chi connectivity index (χ1n) is 10.5. The van der Waals surface area contributed by atoms with Crippen molar-refractivity contribution in [3.05, 3.63) is 89.1 Å². The van der Waals surface area contributed by atoms with E-state index in [-0.39, 0.29) is 12.2 Å². The minimum Gasteiger partial charge on any atom is -0.478 e. The Kier molecular flexibility index (Phi) is 6.65. The van der Waals surface area contributed by atoms with Gasteiger partial charge in [-0.2, -0.15) is 0 Å². The summed E-state index contributed by atoms with van der Waals surface area (Å²) < 4.78 is 11.0. The second-order valence-corrected chi connectivity index (χ2v) is 7.81. The molecule has 4 rings (SSSR count). The van der Waals surface area contributed by atoms with Crippen LogP contribution >= 0.6 is 11.6 Å². The van der Waals surface area contributed by atoms with Gasteiger partial charge < -0.3 is 14.4 Å². The number of hydrogen-bond acceptors (Lipinski definition) is 5. The standard InChI is InChI=1S/C26H21ClN2O5/c1-3-33-26(32)29(22-13-5-4-12-21(22)27)23-16(2)28-34-24(23)19-10-6-8-17(14-19)18-9-7-11-20(15-18)25(30)31/h4-15H,3H2,1-2H3,(H,30,31). The molecule has 0 fully saturated rings. The van der Waals surface area contributed by atoms with Crippen LogP contribution in [0.15, 0.2) is 77.3 Å². The zero-order valence-electron chi connectivity index (χ0n) is 18.5. The fraction of sp³-hybridized carbons (Fsp3) is 0.115. The number of benzene rings is 3. The molecule has 7 nitrogen and oxygen atoms in total. The predicted molar refractivity (Wildman–Crippen MR) is 130 cm³/mol. The van der Waals surface area contributed by atoms with Crippen molar-refractivity contribution in [2.75, 3.05) is 11.5 Å². The van der Waals surface area contributed by atoms with Gasteiger partial charge in [-0.15, -0.1) is 0 Å². The number of carboxylic acid groups (broad SMARTS) is 1. The summed E-state index contributed by atoms with van der Waals surface area (Å²) in [4.78, 5) is 25.8. The van der Waals surface area contributed by atoms with Gasteiger partial charge in [0.05, 0.1) is 22.9 Å². The third-order valence-electron chi connectivity index (χ3n) is 5.17. The highest BCUT2D eigenvalue weighted by Crippen LogP contribution is 2.41. The van der Waals surface area contributed by atoms with Crippen molar-refractivity contribution >= 4 is 35.0 Å². The van der Waals surface area contributed by atoms with E-state index < -0.39 is 12.1 Å². The van der Waals surface area contributed by atoms with Crippen LogP contribution in [0.1, 0.15) is 23.0 Å². The second kappa shape index (κ2) is 9.80. The molecule has 0 bridgehead atoms. The number of carbonyl (C=O) groups is 2. The number of carbonyl (C=O) groups excluding carboxylic acids is 1. The molecule has 1 amide bonds. The number of halogens is 1. The highest BCUT2D eigenvalue weighted by Gasteiger charge is 2.30. The second-order valence-electron chi connectivity index (χ2n) is 7.40. The van der Waals surface area contributed by atoms with Crippen molar-refractivity contribution < 1.29 is 24.0 Å². The summed E-state index contributed by atoms with van der Waals surface area (Å²) in [6.07, 6.45) is -0.617. The van der Waals surface area contributed by atoms with E-state index in [1.807, 2.05) is 30.3 Å². The Morgan fingerprint density at radius 1 is 1.00 bits per heavy atom. The normalized spacial score (nSPS) is 10.7.